The number of carbonyl (C=O) groups is 1. The summed E-state index contributed by atoms with van der Waals surface area (Å²) < 4.78 is 0. The molecule has 1 aromatic carbocycles. The molecular formula is C18H23NO2. The second-order valence-corrected chi connectivity index (χ2v) is 7.22. The average molecular weight is 285 g/mol. The minimum absolute atomic E-state index is 0.00978. The van der Waals surface area contributed by atoms with Gasteiger partial charge in [-0.1, -0.05) is 45.9 Å². The Kier molecular flexibility index (Phi) is 3.31. The van der Waals surface area contributed by atoms with Crippen molar-refractivity contribution in [2.75, 3.05) is 5.06 Å². The monoisotopic (exact) mass is 285 g/mol. The number of carbonyl (C=O) groups excluding carboxylic acids is 1. The molecule has 0 bridgehead atoms. The van der Waals surface area contributed by atoms with Gasteiger partial charge in [-0.05, 0) is 23.5 Å². The molecule has 1 heterocycles. The van der Waals surface area contributed by atoms with Crippen LogP contribution in [0, 0.1) is 11.3 Å². The Hall–Kier alpha value is -1.77. The Balaban J connectivity index is 2.00. The van der Waals surface area contributed by atoms with Crippen LogP contribution >= 0.6 is 0 Å². The van der Waals surface area contributed by atoms with Crippen LogP contribution < -0.4 is 5.06 Å². The SMILES string of the molecule is CC(C)[C@@H]1C2=C(CC(C)(C)CC2=O)ON1c1ccccc1. The molecule has 112 valence electrons. The standard InChI is InChI=1S/C18H23NO2/c1-12(2)17-16-14(20)10-18(3,4)11-15(16)21-19(17)13-8-6-5-7-9-13/h5-9,12,17H,10-11H2,1-4H3/t17-/m1/s1. The summed E-state index contributed by atoms with van der Waals surface area (Å²) in [6, 6.07) is 10.1. The summed E-state index contributed by atoms with van der Waals surface area (Å²) in [4.78, 5) is 18.7. The molecule has 3 rings (SSSR count). The van der Waals surface area contributed by atoms with Crippen LogP contribution in [-0.4, -0.2) is 11.8 Å². The van der Waals surface area contributed by atoms with Crippen LogP contribution in [0.1, 0.15) is 40.5 Å². The van der Waals surface area contributed by atoms with Crippen molar-refractivity contribution >= 4 is 11.5 Å². The maximum atomic E-state index is 12.6. The van der Waals surface area contributed by atoms with Crippen LogP contribution in [0.5, 0.6) is 0 Å². The lowest BCUT2D eigenvalue weighted by Crippen LogP contribution is -2.37. The van der Waals surface area contributed by atoms with Gasteiger partial charge in [-0.3, -0.25) is 4.79 Å². The third-order valence-electron chi connectivity index (χ3n) is 4.28. The van der Waals surface area contributed by atoms with Crippen molar-refractivity contribution in [2.24, 2.45) is 11.3 Å². The molecule has 0 N–H and O–H groups in total. The van der Waals surface area contributed by atoms with Crippen LogP contribution in [0.2, 0.25) is 0 Å². The summed E-state index contributed by atoms with van der Waals surface area (Å²) in [5.74, 6) is 1.44. The summed E-state index contributed by atoms with van der Waals surface area (Å²) in [6.45, 7) is 8.56. The van der Waals surface area contributed by atoms with Gasteiger partial charge in [0.2, 0.25) is 0 Å². The molecule has 0 fully saturated rings. The molecule has 1 aliphatic carbocycles. The maximum absolute atomic E-state index is 12.6. The van der Waals surface area contributed by atoms with Gasteiger partial charge in [0.15, 0.2) is 5.78 Å². The van der Waals surface area contributed by atoms with E-state index in [0.717, 1.165) is 23.4 Å². The molecule has 3 nitrogen and oxygen atoms in total. The van der Waals surface area contributed by atoms with Crippen LogP contribution in [0.15, 0.2) is 41.7 Å². The Morgan fingerprint density at radius 3 is 2.48 bits per heavy atom. The van der Waals surface area contributed by atoms with Gasteiger partial charge in [0.25, 0.3) is 0 Å². The van der Waals surface area contributed by atoms with E-state index in [4.69, 9.17) is 4.84 Å². The van der Waals surface area contributed by atoms with Crippen molar-refractivity contribution in [3.63, 3.8) is 0 Å². The van der Waals surface area contributed by atoms with E-state index in [2.05, 4.69) is 27.7 Å². The van der Waals surface area contributed by atoms with Gasteiger partial charge in [-0.2, -0.15) is 0 Å². The van der Waals surface area contributed by atoms with Gasteiger partial charge in [0, 0.05) is 12.8 Å². The van der Waals surface area contributed by atoms with Gasteiger partial charge < -0.3 is 4.84 Å². The quantitative estimate of drug-likeness (QED) is 0.819. The normalized spacial score (nSPS) is 24.3. The summed E-state index contributed by atoms with van der Waals surface area (Å²) in [6.07, 6.45) is 1.45. The first kappa shape index (κ1) is 14.2. The topological polar surface area (TPSA) is 29.5 Å². The highest BCUT2D eigenvalue weighted by Crippen LogP contribution is 2.45. The predicted octanol–water partition coefficient (Wildman–Crippen LogP) is 4.11. The van der Waals surface area contributed by atoms with Crippen LogP contribution in [0.3, 0.4) is 0 Å². The summed E-state index contributed by atoms with van der Waals surface area (Å²) in [7, 11) is 0. The van der Waals surface area contributed by atoms with E-state index in [0.29, 0.717) is 12.3 Å². The highest BCUT2D eigenvalue weighted by Gasteiger charge is 2.46. The zero-order valence-corrected chi connectivity index (χ0v) is 13.2. The summed E-state index contributed by atoms with van der Waals surface area (Å²) in [5, 5.41) is 1.93. The van der Waals surface area contributed by atoms with E-state index in [9.17, 15) is 4.79 Å². The van der Waals surface area contributed by atoms with E-state index in [1.165, 1.54) is 0 Å². The van der Waals surface area contributed by atoms with E-state index < -0.39 is 0 Å². The fourth-order valence-electron chi connectivity index (χ4n) is 3.37. The number of rotatable bonds is 2. The van der Waals surface area contributed by atoms with E-state index in [-0.39, 0.29) is 17.2 Å². The van der Waals surface area contributed by atoms with Gasteiger partial charge in [0.1, 0.15) is 11.8 Å². The third-order valence-corrected chi connectivity index (χ3v) is 4.28. The first-order valence-electron chi connectivity index (χ1n) is 7.67. The predicted molar refractivity (Wildman–Crippen MR) is 83.7 cm³/mol. The lowest BCUT2D eigenvalue weighted by Gasteiger charge is -2.29. The molecule has 21 heavy (non-hydrogen) atoms. The van der Waals surface area contributed by atoms with Crippen molar-refractivity contribution in [3.8, 4) is 0 Å². The molecule has 0 radical (unpaired) electrons. The number of ketones is 1. The molecule has 3 heteroatoms. The second-order valence-electron chi connectivity index (χ2n) is 7.22. The highest BCUT2D eigenvalue weighted by atomic mass is 16.7. The van der Waals surface area contributed by atoms with Crippen molar-refractivity contribution < 1.29 is 9.63 Å². The fraction of sp³-hybridized carbons (Fsp3) is 0.500. The number of benzene rings is 1. The molecule has 1 aliphatic heterocycles. The van der Waals surface area contributed by atoms with Gasteiger partial charge in [-0.15, -0.1) is 0 Å². The molecule has 1 atom stereocenters. The number of hydrogen-bond acceptors (Lipinski definition) is 3. The van der Waals surface area contributed by atoms with Crippen LogP contribution in [-0.2, 0) is 9.63 Å². The minimum Gasteiger partial charge on any atom is -0.383 e. The number of allylic oxidation sites excluding steroid dienone is 1. The maximum Gasteiger partial charge on any atom is 0.165 e. The summed E-state index contributed by atoms with van der Waals surface area (Å²) in [5.41, 5.74) is 1.90. The van der Waals surface area contributed by atoms with E-state index >= 15 is 0 Å². The zero-order chi connectivity index (χ0) is 15.2. The van der Waals surface area contributed by atoms with Gasteiger partial charge >= 0.3 is 0 Å². The number of Topliss-reactive ketones (excluding diaryl/α,β-unsaturated/α-hetero) is 1. The van der Waals surface area contributed by atoms with E-state index in [1.807, 2.05) is 35.4 Å². The number of para-hydroxylation sites is 1. The Morgan fingerprint density at radius 2 is 1.86 bits per heavy atom. The summed E-state index contributed by atoms with van der Waals surface area (Å²) >= 11 is 0. The van der Waals surface area contributed by atoms with Gasteiger partial charge in [-0.25, -0.2) is 5.06 Å². The van der Waals surface area contributed by atoms with Crippen molar-refractivity contribution in [1.82, 2.24) is 0 Å². The molecule has 2 aliphatic rings. The smallest absolute Gasteiger partial charge is 0.165 e. The van der Waals surface area contributed by atoms with Crippen LogP contribution in [0.25, 0.3) is 0 Å². The van der Waals surface area contributed by atoms with Crippen molar-refractivity contribution in [1.29, 1.82) is 0 Å². The molecule has 0 unspecified atom stereocenters. The zero-order valence-electron chi connectivity index (χ0n) is 13.2. The number of nitrogens with zero attached hydrogens (tertiary/aromatic N) is 1. The fourth-order valence-corrected chi connectivity index (χ4v) is 3.37. The number of hydroxylamine groups is 1. The highest BCUT2D eigenvalue weighted by molar-refractivity contribution is 5.99. The first-order valence-corrected chi connectivity index (χ1v) is 7.67. The molecular weight excluding hydrogens is 262 g/mol. The largest absolute Gasteiger partial charge is 0.383 e. The third kappa shape index (κ3) is 2.45. The Morgan fingerprint density at radius 1 is 1.19 bits per heavy atom. The van der Waals surface area contributed by atoms with Gasteiger partial charge in [0.05, 0.1) is 11.3 Å². The first-order chi connectivity index (χ1) is 9.89. The van der Waals surface area contributed by atoms with Crippen molar-refractivity contribution in [2.45, 2.75) is 46.6 Å². The van der Waals surface area contributed by atoms with Crippen molar-refractivity contribution in [3.05, 3.63) is 41.7 Å². The molecule has 0 saturated heterocycles. The van der Waals surface area contributed by atoms with E-state index in [1.54, 1.807) is 0 Å². The lowest BCUT2D eigenvalue weighted by molar-refractivity contribution is -0.118. The molecule has 0 spiro atoms. The minimum atomic E-state index is -0.00978. The molecule has 0 amide bonds. The second kappa shape index (κ2) is 4.90. The molecule has 0 aromatic heterocycles. The lowest BCUT2D eigenvalue weighted by atomic mass is 9.74. The number of hydrogen-bond donors (Lipinski definition) is 0. The Bertz CT molecular complexity index is 586. The molecule has 1 aromatic rings. The Labute approximate surface area is 126 Å². The van der Waals surface area contributed by atoms with Crippen LogP contribution in [0.4, 0.5) is 5.69 Å². The number of anilines is 1. The average Bonchev–Trinajstić information content (AvgIpc) is 2.77. The molecule has 0 saturated carbocycles.